The van der Waals surface area contributed by atoms with Crippen molar-refractivity contribution < 1.29 is 14.1 Å². The van der Waals surface area contributed by atoms with Crippen LogP contribution in [0.2, 0.25) is 0 Å². The number of aryl methyl sites for hydroxylation is 1. The molecule has 1 amide bonds. The molecule has 0 saturated carbocycles. The summed E-state index contributed by atoms with van der Waals surface area (Å²) < 4.78 is 12.5. The molecule has 0 aliphatic rings. The van der Waals surface area contributed by atoms with Gasteiger partial charge in [-0.15, -0.1) is 0 Å². The molecule has 4 aromatic rings. The lowest BCUT2D eigenvalue weighted by Gasteiger charge is -2.11. The second-order valence-electron chi connectivity index (χ2n) is 7.51. The predicted octanol–water partition coefficient (Wildman–Crippen LogP) is 3.96. The fourth-order valence-corrected chi connectivity index (χ4v) is 3.53. The molecule has 4 rings (SSSR count). The van der Waals surface area contributed by atoms with Crippen molar-refractivity contribution in [3.63, 3.8) is 0 Å². The van der Waals surface area contributed by atoms with E-state index in [1.807, 2.05) is 57.2 Å². The second-order valence-corrected chi connectivity index (χ2v) is 7.51. The molecular formula is C24H27N7O3. The van der Waals surface area contributed by atoms with E-state index in [0.29, 0.717) is 41.8 Å². The Morgan fingerprint density at radius 1 is 1.15 bits per heavy atom. The Kier molecular flexibility index (Phi) is 6.77. The van der Waals surface area contributed by atoms with Crippen molar-refractivity contribution in [2.45, 2.75) is 27.3 Å². The van der Waals surface area contributed by atoms with E-state index < -0.39 is 0 Å². The number of nitrogens with one attached hydrogen (secondary N) is 2. The van der Waals surface area contributed by atoms with Crippen LogP contribution in [0, 0.1) is 6.92 Å². The first kappa shape index (κ1) is 22.8. The van der Waals surface area contributed by atoms with Gasteiger partial charge in [-0.2, -0.15) is 10.1 Å². The zero-order valence-corrected chi connectivity index (χ0v) is 19.3. The SMILES string of the molecule is CCNc1nn(CC(=O)Nc2ccccc2OCC)c(N)c1-c1nc(-c2ccccc2C)no1. The lowest BCUT2D eigenvalue weighted by molar-refractivity contribution is -0.116. The van der Waals surface area contributed by atoms with Gasteiger partial charge in [0.25, 0.3) is 5.89 Å². The molecule has 2 heterocycles. The van der Waals surface area contributed by atoms with Crippen molar-refractivity contribution in [2.75, 3.05) is 29.5 Å². The number of hydrogen-bond acceptors (Lipinski definition) is 8. The molecule has 2 aromatic carbocycles. The van der Waals surface area contributed by atoms with Gasteiger partial charge in [-0.3, -0.25) is 4.79 Å². The van der Waals surface area contributed by atoms with Crippen LogP contribution in [-0.4, -0.2) is 39.0 Å². The first-order chi connectivity index (χ1) is 16.5. The van der Waals surface area contributed by atoms with Crippen LogP contribution in [0.4, 0.5) is 17.3 Å². The first-order valence-corrected chi connectivity index (χ1v) is 11.0. The largest absolute Gasteiger partial charge is 0.492 e. The van der Waals surface area contributed by atoms with Gasteiger partial charge in [0, 0.05) is 12.1 Å². The summed E-state index contributed by atoms with van der Waals surface area (Å²) in [7, 11) is 0. The maximum absolute atomic E-state index is 12.8. The number of aromatic nitrogens is 4. The van der Waals surface area contributed by atoms with Crippen molar-refractivity contribution in [1.29, 1.82) is 0 Å². The number of rotatable bonds is 9. The van der Waals surface area contributed by atoms with Gasteiger partial charge < -0.3 is 25.6 Å². The van der Waals surface area contributed by atoms with Crippen LogP contribution in [0.15, 0.2) is 53.1 Å². The van der Waals surface area contributed by atoms with E-state index >= 15 is 0 Å². The molecule has 10 heteroatoms. The summed E-state index contributed by atoms with van der Waals surface area (Å²) in [6.07, 6.45) is 0. The molecule has 0 atom stereocenters. The van der Waals surface area contributed by atoms with E-state index in [2.05, 4.69) is 25.9 Å². The number of ether oxygens (including phenoxy) is 1. The van der Waals surface area contributed by atoms with Gasteiger partial charge in [0.2, 0.25) is 11.7 Å². The maximum Gasteiger partial charge on any atom is 0.265 e. The number of amides is 1. The van der Waals surface area contributed by atoms with Crippen molar-refractivity contribution in [1.82, 2.24) is 19.9 Å². The van der Waals surface area contributed by atoms with Crippen molar-refractivity contribution in [3.05, 3.63) is 54.1 Å². The van der Waals surface area contributed by atoms with Crippen molar-refractivity contribution >= 4 is 23.2 Å². The Labute approximate surface area is 197 Å². The maximum atomic E-state index is 12.8. The molecule has 2 aromatic heterocycles. The summed E-state index contributed by atoms with van der Waals surface area (Å²) in [5.41, 5.74) is 9.31. The van der Waals surface area contributed by atoms with Crippen LogP contribution < -0.4 is 21.1 Å². The number of para-hydroxylation sites is 2. The molecule has 0 spiro atoms. The Balaban J connectivity index is 1.61. The number of anilines is 3. The molecule has 0 saturated heterocycles. The topological polar surface area (TPSA) is 133 Å². The molecular weight excluding hydrogens is 434 g/mol. The van der Waals surface area contributed by atoms with Crippen LogP contribution in [0.1, 0.15) is 19.4 Å². The Hall–Kier alpha value is -4.34. The van der Waals surface area contributed by atoms with Gasteiger partial charge in [0.15, 0.2) is 5.82 Å². The number of nitrogens with two attached hydrogens (primary N) is 1. The van der Waals surface area contributed by atoms with Crippen LogP contribution in [0.5, 0.6) is 5.75 Å². The molecule has 0 unspecified atom stereocenters. The molecule has 176 valence electrons. The van der Waals surface area contributed by atoms with Gasteiger partial charge in [0.1, 0.15) is 23.7 Å². The summed E-state index contributed by atoms with van der Waals surface area (Å²) in [4.78, 5) is 17.3. The number of carbonyl (C=O) groups excluding carboxylic acids is 1. The summed E-state index contributed by atoms with van der Waals surface area (Å²) >= 11 is 0. The van der Waals surface area contributed by atoms with Gasteiger partial charge in [0.05, 0.1) is 12.3 Å². The summed E-state index contributed by atoms with van der Waals surface area (Å²) in [5.74, 6) is 1.66. The molecule has 0 fully saturated rings. The minimum atomic E-state index is -0.304. The van der Waals surface area contributed by atoms with Crippen LogP contribution in [0.3, 0.4) is 0 Å². The summed E-state index contributed by atoms with van der Waals surface area (Å²) in [6, 6.07) is 15.0. The smallest absolute Gasteiger partial charge is 0.265 e. The summed E-state index contributed by atoms with van der Waals surface area (Å²) in [6.45, 7) is 6.77. The standard InChI is InChI=1S/C24H27N7O3/c1-4-26-23-20(24-28-22(30-34-24)16-11-7-6-10-15(16)3)21(25)31(29-23)14-19(32)27-17-12-8-9-13-18(17)33-5-2/h6-13H,4-5,14,25H2,1-3H3,(H,26,29)(H,27,32). The number of carbonyl (C=O) groups is 1. The van der Waals surface area contributed by atoms with E-state index in [1.54, 1.807) is 12.1 Å². The highest BCUT2D eigenvalue weighted by Gasteiger charge is 2.24. The minimum absolute atomic E-state index is 0.108. The van der Waals surface area contributed by atoms with E-state index in [-0.39, 0.29) is 24.2 Å². The van der Waals surface area contributed by atoms with Crippen LogP contribution >= 0.6 is 0 Å². The zero-order valence-electron chi connectivity index (χ0n) is 19.3. The zero-order chi connectivity index (χ0) is 24.1. The molecule has 0 aliphatic heterocycles. The highest BCUT2D eigenvalue weighted by Crippen LogP contribution is 2.34. The normalized spacial score (nSPS) is 10.8. The van der Waals surface area contributed by atoms with E-state index in [0.717, 1.165) is 11.1 Å². The monoisotopic (exact) mass is 461 g/mol. The molecule has 0 aliphatic carbocycles. The minimum Gasteiger partial charge on any atom is -0.492 e. The van der Waals surface area contributed by atoms with Crippen LogP contribution in [-0.2, 0) is 11.3 Å². The average Bonchev–Trinajstić information content (AvgIpc) is 3.40. The van der Waals surface area contributed by atoms with Crippen molar-refractivity contribution in [3.8, 4) is 28.6 Å². The molecule has 10 nitrogen and oxygen atoms in total. The Morgan fingerprint density at radius 2 is 1.91 bits per heavy atom. The number of hydrogen-bond donors (Lipinski definition) is 3. The highest BCUT2D eigenvalue weighted by molar-refractivity contribution is 5.93. The Bertz CT molecular complexity index is 1300. The highest BCUT2D eigenvalue weighted by atomic mass is 16.5. The van der Waals surface area contributed by atoms with Gasteiger partial charge in [-0.05, 0) is 38.5 Å². The number of nitrogens with zero attached hydrogens (tertiary/aromatic N) is 4. The lowest BCUT2D eigenvalue weighted by Crippen LogP contribution is -2.21. The van der Waals surface area contributed by atoms with E-state index in [9.17, 15) is 4.79 Å². The second kappa shape index (κ2) is 10.1. The third kappa shape index (κ3) is 4.70. The third-order valence-corrected chi connectivity index (χ3v) is 5.12. The van der Waals surface area contributed by atoms with Gasteiger partial charge in [-0.1, -0.05) is 41.6 Å². The van der Waals surface area contributed by atoms with Gasteiger partial charge in [-0.25, -0.2) is 4.68 Å². The number of benzene rings is 2. The van der Waals surface area contributed by atoms with Crippen LogP contribution in [0.25, 0.3) is 22.8 Å². The number of nitrogen functional groups attached to an aromatic ring is 1. The quantitative estimate of drug-likeness (QED) is 0.341. The Morgan fingerprint density at radius 3 is 2.68 bits per heavy atom. The molecule has 34 heavy (non-hydrogen) atoms. The van der Waals surface area contributed by atoms with E-state index in [1.165, 1.54) is 4.68 Å². The fourth-order valence-electron chi connectivity index (χ4n) is 3.53. The fraction of sp³-hybridized carbons (Fsp3) is 0.250. The summed E-state index contributed by atoms with van der Waals surface area (Å²) in [5, 5.41) is 14.6. The average molecular weight is 462 g/mol. The molecule has 0 radical (unpaired) electrons. The third-order valence-electron chi connectivity index (χ3n) is 5.12. The van der Waals surface area contributed by atoms with Gasteiger partial charge >= 0.3 is 0 Å². The molecule has 4 N–H and O–H groups in total. The first-order valence-electron chi connectivity index (χ1n) is 11.0. The van der Waals surface area contributed by atoms with E-state index in [4.69, 9.17) is 15.0 Å². The molecule has 0 bridgehead atoms. The van der Waals surface area contributed by atoms with Crippen molar-refractivity contribution in [2.24, 2.45) is 0 Å². The lowest BCUT2D eigenvalue weighted by atomic mass is 10.1. The predicted molar refractivity (Wildman–Crippen MR) is 131 cm³/mol.